The van der Waals surface area contributed by atoms with E-state index in [2.05, 4.69) is 5.32 Å². The minimum atomic E-state index is -0.752. The predicted molar refractivity (Wildman–Crippen MR) is 113 cm³/mol. The van der Waals surface area contributed by atoms with Crippen LogP contribution in [0.1, 0.15) is 68.4 Å². The second-order valence-corrected chi connectivity index (χ2v) is 9.52. The molecule has 4 rings (SSSR count). The largest absolute Gasteiger partial charge is 0.444 e. The SMILES string of the molecule is CC(C)(C)OC(=O)N1CCC(n2ccc3c(c2=O)CN([C@H]2CCC(=O)NC2=O)C3=O)CC1. The number of aromatic nitrogens is 1. The third-order valence-electron chi connectivity index (χ3n) is 6.14. The molecule has 3 aliphatic heterocycles. The van der Waals surface area contributed by atoms with Gasteiger partial charge in [0.2, 0.25) is 11.8 Å². The van der Waals surface area contributed by atoms with Gasteiger partial charge < -0.3 is 19.1 Å². The van der Waals surface area contributed by atoms with E-state index < -0.39 is 17.6 Å². The Balaban J connectivity index is 1.47. The van der Waals surface area contributed by atoms with Crippen LogP contribution < -0.4 is 10.9 Å². The van der Waals surface area contributed by atoms with E-state index in [4.69, 9.17) is 4.74 Å². The molecule has 32 heavy (non-hydrogen) atoms. The Kier molecular flexibility index (Phi) is 5.56. The highest BCUT2D eigenvalue weighted by Gasteiger charge is 2.40. The number of nitrogens with one attached hydrogen (secondary N) is 1. The van der Waals surface area contributed by atoms with Crippen molar-refractivity contribution in [1.29, 1.82) is 0 Å². The number of pyridine rings is 1. The fraction of sp³-hybridized carbons (Fsp3) is 0.591. The first kappa shape index (κ1) is 22.0. The molecule has 0 aromatic carbocycles. The molecule has 10 nitrogen and oxygen atoms in total. The lowest BCUT2D eigenvalue weighted by molar-refractivity contribution is -0.136. The zero-order valence-electron chi connectivity index (χ0n) is 18.6. The van der Waals surface area contributed by atoms with Gasteiger partial charge in [0, 0.05) is 37.3 Å². The molecule has 0 saturated carbocycles. The molecule has 172 valence electrons. The van der Waals surface area contributed by atoms with Gasteiger partial charge in [-0.05, 0) is 46.1 Å². The fourth-order valence-corrected chi connectivity index (χ4v) is 4.52. The first-order valence-electron chi connectivity index (χ1n) is 10.9. The summed E-state index contributed by atoms with van der Waals surface area (Å²) in [4.78, 5) is 65.0. The first-order chi connectivity index (χ1) is 15.0. The third kappa shape index (κ3) is 4.13. The number of carbonyl (C=O) groups excluding carboxylic acids is 4. The van der Waals surface area contributed by atoms with Crippen molar-refractivity contribution in [3.05, 3.63) is 33.7 Å². The molecular weight excluding hydrogens is 416 g/mol. The molecule has 2 fully saturated rings. The predicted octanol–water partition coefficient (Wildman–Crippen LogP) is 1.18. The second kappa shape index (κ2) is 8.07. The van der Waals surface area contributed by atoms with Gasteiger partial charge in [0.15, 0.2) is 0 Å². The molecule has 0 spiro atoms. The molecule has 4 heterocycles. The number of nitrogens with zero attached hydrogens (tertiary/aromatic N) is 3. The minimum absolute atomic E-state index is 0.0525. The fourth-order valence-electron chi connectivity index (χ4n) is 4.52. The number of rotatable bonds is 2. The van der Waals surface area contributed by atoms with Crippen molar-refractivity contribution in [1.82, 2.24) is 19.7 Å². The molecule has 4 amide bonds. The highest BCUT2D eigenvalue weighted by Crippen LogP contribution is 2.28. The number of piperidine rings is 2. The number of carbonyl (C=O) groups is 4. The van der Waals surface area contributed by atoms with Gasteiger partial charge in [-0.25, -0.2) is 4.79 Å². The van der Waals surface area contributed by atoms with Gasteiger partial charge in [0.05, 0.1) is 12.1 Å². The Bertz CT molecular complexity index is 1030. The van der Waals surface area contributed by atoms with Crippen molar-refractivity contribution < 1.29 is 23.9 Å². The molecule has 10 heteroatoms. The molecule has 0 unspecified atom stereocenters. The summed E-state index contributed by atoms with van der Waals surface area (Å²) in [6.45, 7) is 6.47. The topological polar surface area (TPSA) is 118 Å². The smallest absolute Gasteiger partial charge is 0.410 e. The van der Waals surface area contributed by atoms with Gasteiger partial charge >= 0.3 is 6.09 Å². The van der Waals surface area contributed by atoms with Gasteiger partial charge in [0.1, 0.15) is 11.6 Å². The minimum Gasteiger partial charge on any atom is -0.444 e. The van der Waals surface area contributed by atoms with Crippen LogP contribution in [0, 0.1) is 0 Å². The van der Waals surface area contributed by atoms with Crippen LogP contribution in [0.4, 0.5) is 4.79 Å². The Labute approximate surface area is 185 Å². The van der Waals surface area contributed by atoms with Crippen molar-refractivity contribution in [2.75, 3.05) is 13.1 Å². The number of hydrogen-bond donors (Lipinski definition) is 1. The van der Waals surface area contributed by atoms with E-state index in [1.807, 2.05) is 20.8 Å². The lowest BCUT2D eigenvalue weighted by Gasteiger charge is -2.34. The van der Waals surface area contributed by atoms with Crippen molar-refractivity contribution in [2.24, 2.45) is 0 Å². The number of hydrogen-bond acceptors (Lipinski definition) is 6. The van der Waals surface area contributed by atoms with E-state index in [-0.39, 0.29) is 48.9 Å². The van der Waals surface area contributed by atoms with E-state index in [0.717, 1.165) is 0 Å². The van der Waals surface area contributed by atoms with Crippen LogP contribution in [0.25, 0.3) is 0 Å². The highest BCUT2D eigenvalue weighted by molar-refractivity contribution is 6.05. The summed E-state index contributed by atoms with van der Waals surface area (Å²) in [5, 5.41) is 2.26. The number of amides is 4. The van der Waals surface area contributed by atoms with Crippen molar-refractivity contribution in [2.45, 2.75) is 70.7 Å². The average molecular weight is 444 g/mol. The lowest BCUT2D eigenvalue weighted by Crippen LogP contribution is -2.52. The summed E-state index contributed by atoms with van der Waals surface area (Å²) in [5.41, 5.74) is -0.133. The normalized spacial score (nSPS) is 22.1. The standard InChI is InChI=1S/C22H28N4O6/c1-22(2,3)32-21(31)24-9-6-13(7-10-24)25-11-8-14-15(20(25)30)12-26(19(14)29)16-4-5-17(27)23-18(16)28/h8,11,13,16H,4-7,9-10,12H2,1-3H3,(H,23,27,28)/t16-/m0/s1. The summed E-state index contributed by atoms with van der Waals surface area (Å²) >= 11 is 0. The molecule has 1 N–H and O–H groups in total. The van der Waals surface area contributed by atoms with Crippen LogP contribution in [0.2, 0.25) is 0 Å². The van der Waals surface area contributed by atoms with Crippen LogP contribution in [-0.2, 0) is 20.9 Å². The van der Waals surface area contributed by atoms with E-state index in [0.29, 0.717) is 37.1 Å². The summed E-state index contributed by atoms with van der Waals surface area (Å²) in [5.74, 6) is -1.22. The summed E-state index contributed by atoms with van der Waals surface area (Å²) in [6, 6.07) is 0.786. The van der Waals surface area contributed by atoms with Gasteiger partial charge in [-0.2, -0.15) is 0 Å². The number of ether oxygens (including phenoxy) is 1. The molecular formula is C22H28N4O6. The lowest BCUT2D eigenvalue weighted by atomic mass is 10.0. The number of likely N-dealkylation sites (tertiary alicyclic amines) is 1. The maximum Gasteiger partial charge on any atom is 0.410 e. The number of imide groups is 1. The summed E-state index contributed by atoms with van der Waals surface area (Å²) in [6.07, 6.45) is 2.88. The van der Waals surface area contributed by atoms with E-state index in [9.17, 15) is 24.0 Å². The quantitative estimate of drug-likeness (QED) is 0.685. The maximum atomic E-state index is 13.2. The molecule has 2 saturated heterocycles. The molecule has 1 atom stereocenters. The van der Waals surface area contributed by atoms with Crippen LogP contribution in [-0.4, -0.2) is 62.9 Å². The number of fused-ring (bicyclic) bond motifs is 1. The highest BCUT2D eigenvalue weighted by atomic mass is 16.6. The Morgan fingerprint density at radius 3 is 2.41 bits per heavy atom. The van der Waals surface area contributed by atoms with E-state index in [1.54, 1.807) is 21.7 Å². The van der Waals surface area contributed by atoms with Crippen LogP contribution in [0.15, 0.2) is 17.1 Å². The van der Waals surface area contributed by atoms with Crippen molar-refractivity contribution in [3.63, 3.8) is 0 Å². The molecule has 0 aliphatic carbocycles. The first-order valence-corrected chi connectivity index (χ1v) is 10.9. The van der Waals surface area contributed by atoms with Crippen molar-refractivity contribution >= 4 is 23.8 Å². The zero-order chi connectivity index (χ0) is 23.2. The maximum absolute atomic E-state index is 13.2. The average Bonchev–Trinajstić information content (AvgIpc) is 3.05. The second-order valence-electron chi connectivity index (χ2n) is 9.52. The Hall–Kier alpha value is -3.17. The molecule has 0 bridgehead atoms. The van der Waals surface area contributed by atoms with Crippen LogP contribution in [0.3, 0.4) is 0 Å². The van der Waals surface area contributed by atoms with Crippen LogP contribution >= 0.6 is 0 Å². The Morgan fingerprint density at radius 2 is 1.78 bits per heavy atom. The Morgan fingerprint density at radius 1 is 1.09 bits per heavy atom. The third-order valence-corrected chi connectivity index (χ3v) is 6.14. The van der Waals surface area contributed by atoms with Gasteiger partial charge in [-0.1, -0.05) is 0 Å². The molecule has 3 aliphatic rings. The zero-order valence-corrected chi connectivity index (χ0v) is 18.6. The molecule has 0 radical (unpaired) electrons. The monoisotopic (exact) mass is 444 g/mol. The van der Waals surface area contributed by atoms with Gasteiger partial charge in [-0.15, -0.1) is 0 Å². The summed E-state index contributed by atoms with van der Waals surface area (Å²) < 4.78 is 7.05. The van der Waals surface area contributed by atoms with Crippen LogP contribution in [0.5, 0.6) is 0 Å². The molecule has 1 aromatic heterocycles. The van der Waals surface area contributed by atoms with Gasteiger partial charge in [-0.3, -0.25) is 24.5 Å². The van der Waals surface area contributed by atoms with Gasteiger partial charge in [0.25, 0.3) is 11.5 Å². The molecule has 1 aromatic rings. The summed E-state index contributed by atoms with van der Waals surface area (Å²) in [7, 11) is 0. The van der Waals surface area contributed by atoms with E-state index >= 15 is 0 Å². The van der Waals surface area contributed by atoms with E-state index in [1.165, 1.54) is 4.90 Å². The van der Waals surface area contributed by atoms with Crippen molar-refractivity contribution in [3.8, 4) is 0 Å².